The van der Waals surface area contributed by atoms with Crippen molar-refractivity contribution in [1.29, 1.82) is 0 Å². The summed E-state index contributed by atoms with van der Waals surface area (Å²) in [6.45, 7) is 5.77. The number of aryl methyl sites for hydroxylation is 2. The number of carbonyl (C=O) groups excluding carboxylic acids is 1. The molecule has 9 heteroatoms. The van der Waals surface area contributed by atoms with Crippen molar-refractivity contribution < 1.29 is 13.2 Å². The van der Waals surface area contributed by atoms with Crippen LogP contribution < -0.4 is 10.0 Å². The van der Waals surface area contributed by atoms with E-state index in [-0.39, 0.29) is 16.8 Å². The van der Waals surface area contributed by atoms with E-state index in [1.165, 1.54) is 30.6 Å². The Balaban J connectivity index is 1.41. The maximum Gasteiger partial charge on any atom is 0.261 e. The van der Waals surface area contributed by atoms with Crippen molar-refractivity contribution in [2.45, 2.75) is 31.7 Å². The fourth-order valence-corrected chi connectivity index (χ4v) is 4.47. The number of benzene rings is 3. The molecule has 0 saturated carbocycles. The summed E-state index contributed by atoms with van der Waals surface area (Å²) in [5, 5.41) is 7.03. The van der Waals surface area contributed by atoms with Crippen molar-refractivity contribution in [1.82, 2.24) is 20.1 Å². The molecular formula is C25H25N5O3S. The monoisotopic (exact) mass is 475 g/mol. The molecular weight excluding hydrogens is 450 g/mol. The van der Waals surface area contributed by atoms with E-state index in [1.54, 1.807) is 23.1 Å². The van der Waals surface area contributed by atoms with Gasteiger partial charge in [-0.2, -0.15) is 5.10 Å². The first-order chi connectivity index (χ1) is 16.2. The third-order valence-electron chi connectivity index (χ3n) is 5.61. The zero-order valence-corrected chi connectivity index (χ0v) is 19.9. The standard InChI is InChI=1S/C25H25N5O3S/c1-17-4-9-22(14-18(17)2)29-34(32,33)24-12-7-21(8-13-24)25(31)28-19(3)20-5-10-23(11-6-20)30-16-26-15-27-30/h4-16,19,29H,1-3H3,(H,28,31). The first-order valence-electron chi connectivity index (χ1n) is 10.7. The Morgan fingerprint density at radius 2 is 1.65 bits per heavy atom. The van der Waals surface area contributed by atoms with Gasteiger partial charge in [-0.05, 0) is 86.0 Å². The van der Waals surface area contributed by atoms with Crippen molar-refractivity contribution in [3.8, 4) is 5.69 Å². The second kappa shape index (κ2) is 9.48. The Morgan fingerprint density at radius 3 is 2.26 bits per heavy atom. The van der Waals surface area contributed by atoms with Crippen LogP contribution in [-0.2, 0) is 10.0 Å². The quantitative estimate of drug-likeness (QED) is 0.417. The smallest absolute Gasteiger partial charge is 0.261 e. The molecule has 0 bridgehead atoms. The van der Waals surface area contributed by atoms with Gasteiger partial charge in [0, 0.05) is 11.3 Å². The molecule has 0 fully saturated rings. The lowest BCUT2D eigenvalue weighted by Gasteiger charge is -2.15. The summed E-state index contributed by atoms with van der Waals surface area (Å²) in [5.41, 5.74) is 4.73. The van der Waals surface area contributed by atoms with E-state index in [9.17, 15) is 13.2 Å². The van der Waals surface area contributed by atoms with Gasteiger partial charge in [0.05, 0.1) is 16.6 Å². The summed E-state index contributed by atoms with van der Waals surface area (Å²) in [7, 11) is -3.77. The van der Waals surface area contributed by atoms with E-state index >= 15 is 0 Å². The highest BCUT2D eigenvalue weighted by Crippen LogP contribution is 2.20. The summed E-state index contributed by atoms with van der Waals surface area (Å²) in [6.07, 6.45) is 3.08. The van der Waals surface area contributed by atoms with E-state index in [0.717, 1.165) is 22.4 Å². The van der Waals surface area contributed by atoms with Crippen LogP contribution in [0.15, 0.2) is 84.3 Å². The molecule has 1 atom stereocenters. The number of hydrogen-bond donors (Lipinski definition) is 2. The minimum Gasteiger partial charge on any atom is -0.346 e. The molecule has 1 unspecified atom stereocenters. The molecule has 4 aromatic rings. The lowest BCUT2D eigenvalue weighted by Crippen LogP contribution is -2.26. The predicted octanol–water partition coefficient (Wildman–Crippen LogP) is 4.18. The van der Waals surface area contributed by atoms with Gasteiger partial charge in [-0.25, -0.2) is 18.1 Å². The van der Waals surface area contributed by atoms with Crippen molar-refractivity contribution >= 4 is 21.6 Å². The maximum absolute atomic E-state index is 12.7. The van der Waals surface area contributed by atoms with Gasteiger partial charge in [-0.15, -0.1) is 0 Å². The number of carbonyl (C=O) groups is 1. The van der Waals surface area contributed by atoms with Crippen LogP contribution >= 0.6 is 0 Å². The molecule has 0 aliphatic heterocycles. The Labute approximate surface area is 198 Å². The first kappa shape index (κ1) is 23.2. The summed E-state index contributed by atoms with van der Waals surface area (Å²) in [6, 6.07) is 18.6. The van der Waals surface area contributed by atoms with Crippen LogP contribution in [0.2, 0.25) is 0 Å². The Bertz CT molecular complexity index is 1400. The van der Waals surface area contributed by atoms with Crippen LogP contribution in [0, 0.1) is 13.8 Å². The third-order valence-corrected chi connectivity index (χ3v) is 7.01. The van der Waals surface area contributed by atoms with Gasteiger partial charge in [0.2, 0.25) is 0 Å². The van der Waals surface area contributed by atoms with Crippen LogP contribution in [0.1, 0.15) is 40.0 Å². The highest BCUT2D eigenvalue weighted by Gasteiger charge is 2.17. The van der Waals surface area contributed by atoms with Gasteiger partial charge in [0.25, 0.3) is 15.9 Å². The van der Waals surface area contributed by atoms with Gasteiger partial charge >= 0.3 is 0 Å². The van der Waals surface area contributed by atoms with Gasteiger partial charge in [0.15, 0.2) is 0 Å². The maximum atomic E-state index is 12.7. The third kappa shape index (κ3) is 5.15. The van der Waals surface area contributed by atoms with Crippen LogP contribution in [0.5, 0.6) is 0 Å². The number of nitrogens with one attached hydrogen (secondary N) is 2. The van der Waals surface area contributed by atoms with Crippen molar-refractivity contribution in [3.63, 3.8) is 0 Å². The molecule has 8 nitrogen and oxygen atoms in total. The number of aromatic nitrogens is 3. The summed E-state index contributed by atoms with van der Waals surface area (Å²) < 4.78 is 29.7. The number of nitrogens with zero attached hydrogens (tertiary/aromatic N) is 3. The normalized spacial score (nSPS) is 12.2. The highest BCUT2D eigenvalue weighted by atomic mass is 32.2. The molecule has 0 aliphatic carbocycles. The van der Waals surface area contributed by atoms with Crippen LogP contribution in [-0.4, -0.2) is 29.1 Å². The van der Waals surface area contributed by atoms with E-state index in [1.807, 2.05) is 51.1 Å². The fourth-order valence-electron chi connectivity index (χ4n) is 3.43. The molecule has 0 spiro atoms. The average molecular weight is 476 g/mol. The van der Waals surface area contributed by atoms with E-state index < -0.39 is 10.0 Å². The second-order valence-electron chi connectivity index (χ2n) is 8.06. The van der Waals surface area contributed by atoms with E-state index in [0.29, 0.717) is 11.3 Å². The molecule has 1 heterocycles. The van der Waals surface area contributed by atoms with Crippen LogP contribution in [0.3, 0.4) is 0 Å². The second-order valence-corrected chi connectivity index (χ2v) is 9.74. The van der Waals surface area contributed by atoms with Crippen molar-refractivity contribution in [3.05, 3.63) is 102 Å². The minimum absolute atomic E-state index is 0.0824. The zero-order chi connectivity index (χ0) is 24.3. The molecule has 2 N–H and O–H groups in total. The van der Waals surface area contributed by atoms with Gasteiger partial charge in [-0.3, -0.25) is 9.52 Å². The zero-order valence-electron chi connectivity index (χ0n) is 19.1. The van der Waals surface area contributed by atoms with E-state index in [2.05, 4.69) is 20.1 Å². The molecule has 3 aromatic carbocycles. The summed E-state index contributed by atoms with van der Waals surface area (Å²) >= 11 is 0. The molecule has 0 aliphatic rings. The molecule has 0 saturated heterocycles. The van der Waals surface area contributed by atoms with Gasteiger partial charge < -0.3 is 5.32 Å². The lowest BCUT2D eigenvalue weighted by atomic mass is 10.1. The van der Waals surface area contributed by atoms with Crippen molar-refractivity contribution in [2.24, 2.45) is 0 Å². The summed E-state index contributed by atoms with van der Waals surface area (Å²) in [5.74, 6) is -0.293. The largest absolute Gasteiger partial charge is 0.346 e. The van der Waals surface area contributed by atoms with Crippen LogP contribution in [0.25, 0.3) is 5.69 Å². The first-order valence-corrected chi connectivity index (χ1v) is 12.2. The molecule has 34 heavy (non-hydrogen) atoms. The minimum atomic E-state index is -3.77. The van der Waals surface area contributed by atoms with Gasteiger partial charge in [-0.1, -0.05) is 18.2 Å². The predicted molar refractivity (Wildman–Crippen MR) is 130 cm³/mol. The number of hydrogen-bond acceptors (Lipinski definition) is 5. The highest BCUT2D eigenvalue weighted by molar-refractivity contribution is 7.92. The average Bonchev–Trinajstić information content (AvgIpc) is 3.36. The Kier molecular flexibility index (Phi) is 6.47. The summed E-state index contributed by atoms with van der Waals surface area (Å²) in [4.78, 5) is 16.7. The molecule has 1 amide bonds. The number of amides is 1. The van der Waals surface area contributed by atoms with Crippen LogP contribution in [0.4, 0.5) is 5.69 Å². The number of sulfonamides is 1. The molecule has 174 valence electrons. The van der Waals surface area contributed by atoms with E-state index in [4.69, 9.17) is 0 Å². The fraction of sp³-hybridized carbons (Fsp3) is 0.160. The molecule has 4 rings (SSSR count). The Hall–Kier alpha value is -3.98. The number of anilines is 1. The molecule has 1 aromatic heterocycles. The molecule has 0 radical (unpaired) electrons. The lowest BCUT2D eigenvalue weighted by molar-refractivity contribution is 0.0940. The van der Waals surface area contributed by atoms with Gasteiger partial charge in [0.1, 0.15) is 12.7 Å². The SMILES string of the molecule is Cc1ccc(NS(=O)(=O)c2ccc(C(=O)NC(C)c3ccc(-n4cncn4)cc3)cc2)cc1C. The Morgan fingerprint density at radius 1 is 0.941 bits per heavy atom. The van der Waals surface area contributed by atoms with Crippen molar-refractivity contribution in [2.75, 3.05) is 4.72 Å². The number of rotatable bonds is 7. The topological polar surface area (TPSA) is 106 Å².